The largest absolute Gasteiger partial charge is 0.496 e. The molecular formula is C11H13N5O4. The number of non-ortho nitro benzene ring substituents is 1. The normalized spacial score (nSPS) is 9.45. The number of nitrogens with zero attached hydrogens (tertiary/aromatic N) is 4. The Morgan fingerprint density at radius 1 is 1.60 bits per heavy atom. The number of rotatable bonds is 7. The number of hydrogen-bond acceptors (Lipinski definition) is 5. The molecule has 9 heteroatoms. The number of nitro benzene ring substituents is 1. The number of ether oxygens (including phenoxy) is 1. The lowest BCUT2D eigenvalue weighted by molar-refractivity contribution is -0.384. The molecule has 1 rings (SSSR count). The number of benzene rings is 1. The summed E-state index contributed by atoms with van der Waals surface area (Å²) >= 11 is 0. The SMILES string of the molecule is COc1cc([N+](=O)[O-])ccc1C(=O)NCCCN=[N+]=[N-]. The van der Waals surface area contributed by atoms with Crippen LogP contribution in [0.4, 0.5) is 5.69 Å². The van der Waals surface area contributed by atoms with Crippen LogP contribution in [0.5, 0.6) is 5.75 Å². The number of nitro groups is 1. The van der Waals surface area contributed by atoms with E-state index < -0.39 is 10.8 Å². The summed E-state index contributed by atoms with van der Waals surface area (Å²) in [4.78, 5) is 24.5. The monoisotopic (exact) mass is 279 g/mol. The van der Waals surface area contributed by atoms with Crippen molar-refractivity contribution in [2.45, 2.75) is 6.42 Å². The molecule has 9 nitrogen and oxygen atoms in total. The Bertz CT molecular complexity index is 554. The van der Waals surface area contributed by atoms with E-state index in [4.69, 9.17) is 10.3 Å². The summed E-state index contributed by atoms with van der Waals surface area (Å²) in [5.41, 5.74) is 8.15. The van der Waals surface area contributed by atoms with E-state index in [0.717, 1.165) is 0 Å². The number of azide groups is 1. The Morgan fingerprint density at radius 3 is 2.95 bits per heavy atom. The fraction of sp³-hybridized carbons (Fsp3) is 0.364. The molecule has 0 unspecified atom stereocenters. The number of carbonyl (C=O) groups excluding carboxylic acids is 1. The van der Waals surface area contributed by atoms with Crippen molar-refractivity contribution in [1.29, 1.82) is 0 Å². The van der Waals surface area contributed by atoms with Gasteiger partial charge in [-0.1, -0.05) is 5.11 Å². The van der Waals surface area contributed by atoms with Crippen LogP contribution in [0.15, 0.2) is 23.3 Å². The molecule has 0 fully saturated rings. The molecule has 0 radical (unpaired) electrons. The van der Waals surface area contributed by atoms with E-state index in [0.29, 0.717) is 13.0 Å². The third-order valence-electron chi connectivity index (χ3n) is 2.42. The highest BCUT2D eigenvalue weighted by atomic mass is 16.6. The molecule has 1 amide bonds. The number of methoxy groups -OCH3 is 1. The first-order chi connectivity index (χ1) is 9.60. The van der Waals surface area contributed by atoms with Gasteiger partial charge in [-0.15, -0.1) is 0 Å². The molecule has 0 aliphatic rings. The standard InChI is InChI=1S/C11H13N5O4/c1-20-10-7-8(16(18)19)3-4-9(10)11(17)13-5-2-6-14-15-12/h3-4,7H,2,5-6H2,1H3,(H,13,17). The molecule has 0 saturated carbocycles. The zero-order valence-electron chi connectivity index (χ0n) is 10.8. The van der Waals surface area contributed by atoms with E-state index in [9.17, 15) is 14.9 Å². The zero-order valence-corrected chi connectivity index (χ0v) is 10.8. The average molecular weight is 279 g/mol. The maximum Gasteiger partial charge on any atom is 0.273 e. The molecule has 0 spiro atoms. The molecule has 0 aromatic heterocycles. The van der Waals surface area contributed by atoms with E-state index >= 15 is 0 Å². The van der Waals surface area contributed by atoms with Crippen molar-refractivity contribution < 1.29 is 14.5 Å². The summed E-state index contributed by atoms with van der Waals surface area (Å²) < 4.78 is 4.97. The van der Waals surface area contributed by atoms with E-state index in [-0.39, 0.29) is 23.5 Å². The molecule has 0 saturated heterocycles. The van der Waals surface area contributed by atoms with Crippen molar-refractivity contribution in [3.05, 3.63) is 44.3 Å². The molecular weight excluding hydrogens is 266 g/mol. The molecule has 1 aromatic rings. The first kappa shape index (κ1) is 15.3. The molecule has 0 bridgehead atoms. The number of amides is 1. The molecule has 106 valence electrons. The van der Waals surface area contributed by atoms with Crippen molar-refractivity contribution >= 4 is 11.6 Å². The van der Waals surface area contributed by atoms with E-state index in [1.165, 1.54) is 25.3 Å². The lowest BCUT2D eigenvalue weighted by atomic mass is 10.1. The number of nitrogens with one attached hydrogen (secondary N) is 1. The molecule has 0 aliphatic carbocycles. The first-order valence-electron chi connectivity index (χ1n) is 5.71. The van der Waals surface area contributed by atoms with Crippen LogP contribution in [0.2, 0.25) is 0 Å². The predicted octanol–water partition coefficient (Wildman–Crippen LogP) is 2.03. The van der Waals surface area contributed by atoms with Crippen LogP contribution in [-0.4, -0.2) is 31.0 Å². The molecule has 1 aromatic carbocycles. The molecule has 0 atom stereocenters. The zero-order chi connectivity index (χ0) is 15.0. The van der Waals surface area contributed by atoms with Gasteiger partial charge in [0.05, 0.1) is 23.7 Å². The van der Waals surface area contributed by atoms with Gasteiger partial charge in [-0.3, -0.25) is 14.9 Å². The molecule has 1 N–H and O–H groups in total. The Labute approximate surface area is 114 Å². The van der Waals surface area contributed by atoms with Gasteiger partial charge in [0.2, 0.25) is 0 Å². The van der Waals surface area contributed by atoms with E-state index in [1.807, 2.05) is 0 Å². The minimum atomic E-state index is -0.565. The third-order valence-corrected chi connectivity index (χ3v) is 2.42. The van der Waals surface area contributed by atoms with Crippen molar-refractivity contribution in [3.8, 4) is 5.75 Å². The Kier molecular flexibility index (Phi) is 5.79. The van der Waals surface area contributed by atoms with Gasteiger partial charge in [-0.2, -0.15) is 0 Å². The average Bonchev–Trinajstić information content (AvgIpc) is 2.46. The quantitative estimate of drug-likeness (QED) is 0.204. The smallest absolute Gasteiger partial charge is 0.273 e. The lowest BCUT2D eigenvalue weighted by Crippen LogP contribution is -2.25. The fourth-order valence-electron chi connectivity index (χ4n) is 1.47. The van der Waals surface area contributed by atoms with Gasteiger partial charge in [0.1, 0.15) is 5.75 Å². The van der Waals surface area contributed by atoms with Crippen molar-refractivity contribution in [2.75, 3.05) is 20.2 Å². The Hall–Kier alpha value is -2.80. The summed E-state index contributed by atoms with van der Waals surface area (Å²) in [6, 6.07) is 3.76. The second-order valence-corrected chi connectivity index (χ2v) is 3.71. The number of carbonyl (C=O) groups is 1. The van der Waals surface area contributed by atoms with Crippen LogP contribution in [0.1, 0.15) is 16.8 Å². The summed E-state index contributed by atoms with van der Waals surface area (Å²) in [6.07, 6.45) is 0.505. The van der Waals surface area contributed by atoms with Gasteiger partial charge in [-0.25, -0.2) is 0 Å². The van der Waals surface area contributed by atoms with Gasteiger partial charge < -0.3 is 10.1 Å². The van der Waals surface area contributed by atoms with Crippen molar-refractivity contribution in [3.63, 3.8) is 0 Å². The molecule has 0 heterocycles. The highest BCUT2D eigenvalue weighted by Crippen LogP contribution is 2.24. The minimum Gasteiger partial charge on any atom is -0.496 e. The minimum absolute atomic E-state index is 0.131. The van der Waals surface area contributed by atoms with Gasteiger partial charge in [0, 0.05) is 24.1 Å². The highest BCUT2D eigenvalue weighted by molar-refractivity contribution is 5.97. The van der Waals surface area contributed by atoms with Crippen LogP contribution in [0.3, 0.4) is 0 Å². The summed E-state index contributed by atoms with van der Waals surface area (Å²) in [5.74, 6) is -0.274. The maximum atomic E-state index is 11.9. The maximum absolute atomic E-state index is 11.9. The molecule has 0 aliphatic heterocycles. The summed E-state index contributed by atoms with van der Waals surface area (Å²) in [5, 5.41) is 16.6. The highest BCUT2D eigenvalue weighted by Gasteiger charge is 2.16. The van der Waals surface area contributed by atoms with Gasteiger partial charge in [-0.05, 0) is 18.0 Å². The summed E-state index contributed by atoms with van der Waals surface area (Å²) in [6.45, 7) is 0.617. The van der Waals surface area contributed by atoms with Crippen molar-refractivity contribution in [2.24, 2.45) is 5.11 Å². The Balaban J connectivity index is 2.72. The van der Waals surface area contributed by atoms with Crippen LogP contribution in [-0.2, 0) is 0 Å². The van der Waals surface area contributed by atoms with Crippen LogP contribution in [0, 0.1) is 10.1 Å². The predicted molar refractivity (Wildman–Crippen MR) is 70.6 cm³/mol. The topological polar surface area (TPSA) is 130 Å². The summed E-state index contributed by atoms with van der Waals surface area (Å²) in [7, 11) is 1.33. The van der Waals surface area contributed by atoms with Crippen LogP contribution >= 0.6 is 0 Å². The van der Waals surface area contributed by atoms with Gasteiger partial charge in [0.25, 0.3) is 11.6 Å². The molecule has 20 heavy (non-hydrogen) atoms. The van der Waals surface area contributed by atoms with Gasteiger partial charge in [0.15, 0.2) is 0 Å². The number of hydrogen-bond donors (Lipinski definition) is 1. The van der Waals surface area contributed by atoms with E-state index in [2.05, 4.69) is 15.3 Å². The lowest BCUT2D eigenvalue weighted by Gasteiger charge is -2.08. The van der Waals surface area contributed by atoms with E-state index in [1.54, 1.807) is 0 Å². The Morgan fingerprint density at radius 2 is 2.35 bits per heavy atom. The van der Waals surface area contributed by atoms with Crippen LogP contribution in [0.25, 0.3) is 10.4 Å². The second-order valence-electron chi connectivity index (χ2n) is 3.71. The van der Waals surface area contributed by atoms with Crippen molar-refractivity contribution in [1.82, 2.24) is 5.32 Å². The first-order valence-corrected chi connectivity index (χ1v) is 5.71. The van der Waals surface area contributed by atoms with Crippen LogP contribution < -0.4 is 10.1 Å². The fourth-order valence-corrected chi connectivity index (χ4v) is 1.47. The van der Waals surface area contributed by atoms with Gasteiger partial charge >= 0.3 is 0 Å². The third kappa shape index (κ3) is 4.14. The second kappa shape index (κ2) is 7.59.